The van der Waals surface area contributed by atoms with Crippen molar-refractivity contribution in [3.05, 3.63) is 93.0 Å². The zero-order chi connectivity index (χ0) is 40.2. The van der Waals surface area contributed by atoms with Crippen molar-refractivity contribution in [1.29, 1.82) is 0 Å². The van der Waals surface area contributed by atoms with E-state index in [0.29, 0.717) is 0 Å². The van der Waals surface area contributed by atoms with Crippen molar-refractivity contribution in [2.75, 3.05) is 0 Å². The van der Waals surface area contributed by atoms with E-state index in [9.17, 15) is 14.7 Å². The summed E-state index contributed by atoms with van der Waals surface area (Å²) in [5.41, 5.74) is 8.65. The van der Waals surface area contributed by atoms with Crippen LogP contribution in [0, 0.1) is 0 Å². The number of hydrogen-bond donors (Lipinski definition) is 3. The summed E-state index contributed by atoms with van der Waals surface area (Å²) in [5.74, 6) is -0.526. The first-order valence-electron chi connectivity index (χ1n) is 19.4. The van der Waals surface area contributed by atoms with Gasteiger partial charge in [0.1, 0.15) is 0 Å². The van der Waals surface area contributed by atoms with Gasteiger partial charge in [-0.05, 0) is 0 Å². The Balaban J connectivity index is 2.36. The Hall–Kier alpha value is -2.29. The minimum atomic E-state index is -4.78. The summed E-state index contributed by atoms with van der Waals surface area (Å²) in [5, 5.41) is 3.46. The predicted octanol–water partition coefficient (Wildman–Crippen LogP) is 13.2. The molecule has 0 aliphatic rings. The molecule has 0 fully saturated rings. The minimum absolute atomic E-state index is 0.0283. The molecule has 0 atom stereocenters. The van der Waals surface area contributed by atoms with Gasteiger partial charge in [0.15, 0.2) is 0 Å². The molecule has 0 saturated carbocycles. The number of hydrogen-bond acceptors (Lipinski definition) is 3. The molecule has 0 aliphatic carbocycles. The first kappa shape index (κ1) is 42.5. The van der Waals surface area contributed by atoms with Crippen molar-refractivity contribution in [1.82, 2.24) is 0 Å². The van der Waals surface area contributed by atoms with E-state index in [1.807, 2.05) is 13.8 Å². The molecular weight excluding hydrogens is 655 g/mol. The fourth-order valence-electron chi connectivity index (χ4n) is 7.88. The van der Waals surface area contributed by atoms with Crippen LogP contribution in [0.1, 0.15) is 189 Å². The second-order valence-corrected chi connectivity index (χ2v) is 25.2. The van der Waals surface area contributed by atoms with Crippen LogP contribution < -0.4 is 0 Å². The van der Waals surface area contributed by atoms with Gasteiger partial charge in [-0.25, -0.2) is 0 Å². The second kappa shape index (κ2) is 12.9. The first-order chi connectivity index (χ1) is 23.0. The fraction of sp³-hybridized carbons (Fsp3) is 0.583. The Morgan fingerprint density at radius 2 is 0.654 bits per heavy atom. The van der Waals surface area contributed by atoms with E-state index in [4.69, 9.17) is 0 Å². The van der Waals surface area contributed by atoms with E-state index in [1.54, 1.807) is 0 Å². The Bertz CT molecular complexity index is 1850. The van der Waals surface area contributed by atoms with Crippen molar-refractivity contribution in [3.8, 4) is 0 Å². The van der Waals surface area contributed by atoms with E-state index in [2.05, 4.69) is 173 Å². The summed E-state index contributed by atoms with van der Waals surface area (Å²) in [4.78, 5) is 34.6. The summed E-state index contributed by atoms with van der Waals surface area (Å²) in [7, 11) is -4.78. The van der Waals surface area contributed by atoms with Gasteiger partial charge in [-0.1, -0.05) is 0 Å². The van der Waals surface area contributed by atoms with Crippen molar-refractivity contribution < 1.29 is 14.7 Å². The molecular formula is C48H73O3P. The molecule has 0 aliphatic heterocycles. The molecule has 0 amide bonds. The first-order valence-corrected chi connectivity index (χ1v) is 21.2. The Morgan fingerprint density at radius 3 is 0.885 bits per heavy atom. The van der Waals surface area contributed by atoms with Crippen molar-refractivity contribution in [3.63, 3.8) is 0 Å². The fourth-order valence-corrected chi connectivity index (χ4v) is 8.58. The summed E-state index contributed by atoms with van der Waals surface area (Å²) in [6.45, 7) is 44.5. The van der Waals surface area contributed by atoms with Crippen LogP contribution in [-0.2, 0) is 32.5 Å². The van der Waals surface area contributed by atoms with Crippen molar-refractivity contribution in [2.24, 2.45) is 0 Å². The monoisotopic (exact) mass is 729 g/mol. The van der Waals surface area contributed by atoms with Gasteiger partial charge in [-0.15, -0.1) is 0 Å². The molecule has 4 aromatic carbocycles. The summed E-state index contributed by atoms with van der Waals surface area (Å²) in [6, 6.07) is 18.9. The molecule has 0 unspecified atom stereocenters. The molecule has 3 N–H and O–H groups in total. The van der Waals surface area contributed by atoms with Gasteiger partial charge < -0.3 is 0 Å². The van der Waals surface area contributed by atoms with E-state index in [1.165, 1.54) is 43.8 Å². The molecule has 0 aromatic heterocycles. The second-order valence-electron chi connectivity index (χ2n) is 22.7. The zero-order valence-corrected chi connectivity index (χ0v) is 37.5. The van der Waals surface area contributed by atoms with Crippen LogP contribution in [0.15, 0.2) is 48.5 Å². The van der Waals surface area contributed by atoms with Gasteiger partial charge in [0.2, 0.25) is 0 Å². The number of rotatable bonds is 4. The number of fused-ring (bicyclic) bond motifs is 2. The van der Waals surface area contributed by atoms with Gasteiger partial charge in [0.25, 0.3) is 0 Å². The molecule has 4 rings (SSSR count). The molecule has 288 valence electrons. The molecule has 0 radical (unpaired) electrons. The van der Waals surface area contributed by atoms with Gasteiger partial charge in [0, 0.05) is 0 Å². The maximum absolute atomic E-state index is 11.5. The van der Waals surface area contributed by atoms with Gasteiger partial charge >= 0.3 is 319 Å². The van der Waals surface area contributed by atoms with Crippen LogP contribution in [0.5, 0.6) is 0 Å². The Morgan fingerprint density at radius 1 is 0.365 bits per heavy atom. The SMILES string of the molecule is CC(C)(C)c1cc(C(C)(C)C)c2cc(C(c3cc4c(C(C)(C)C)cc(C(C)(C)C)cc4cc3C(C)(C)C)C(C)(C)[PH](O)(O)O)c(C(C)(C)C)cc2c1. The van der Waals surface area contributed by atoms with Gasteiger partial charge in [-0.2, -0.15) is 0 Å². The van der Waals surface area contributed by atoms with E-state index in [0.717, 1.165) is 22.3 Å². The third-order valence-corrected chi connectivity index (χ3v) is 13.4. The summed E-state index contributed by atoms with van der Waals surface area (Å²) < 4.78 is 0. The third-order valence-electron chi connectivity index (χ3n) is 11.4. The summed E-state index contributed by atoms with van der Waals surface area (Å²) >= 11 is 0. The average Bonchev–Trinajstić information content (AvgIpc) is 2.91. The van der Waals surface area contributed by atoms with Crippen LogP contribution in [0.3, 0.4) is 0 Å². The van der Waals surface area contributed by atoms with E-state index >= 15 is 0 Å². The molecule has 4 heteroatoms. The standard InChI is InChI=1S/C48H73O3P/c1-42(2,3)31-21-29-23-37(44(7,8)9)35(27-33(29)39(25-31)46(13,14)15)41(48(19,20)52(49,50)51)36-28-34-30(24-38(36)45(10,11)12)22-32(43(4,5)6)26-40(34)47(16,17)18/h21-28,41,49-52H,1-20H3. The van der Waals surface area contributed by atoms with Crippen molar-refractivity contribution >= 4 is 29.5 Å². The van der Waals surface area contributed by atoms with Crippen LogP contribution in [0.2, 0.25) is 0 Å². The van der Waals surface area contributed by atoms with E-state index in [-0.39, 0.29) is 32.5 Å². The molecule has 0 spiro atoms. The number of benzene rings is 4. The molecule has 52 heavy (non-hydrogen) atoms. The van der Waals surface area contributed by atoms with Crippen LogP contribution >= 0.6 is 7.94 Å². The van der Waals surface area contributed by atoms with Crippen LogP contribution in [0.25, 0.3) is 21.5 Å². The van der Waals surface area contributed by atoms with Crippen LogP contribution in [0.4, 0.5) is 0 Å². The topological polar surface area (TPSA) is 60.7 Å². The molecule has 0 bridgehead atoms. The summed E-state index contributed by atoms with van der Waals surface area (Å²) in [6.07, 6.45) is 0. The molecule has 4 aromatic rings. The van der Waals surface area contributed by atoms with E-state index < -0.39 is 19.0 Å². The van der Waals surface area contributed by atoms with Crippen LogP contribution in [-0.4, -0.2) is 19.8 Å². The Labute approximate surface area is 318 Å². The average molecular weight is 729 g/mol. The molecule has 3 nitrogen and oxygen atoms in total. The van der Waals surface area contributed by atoms with Crippen molar-refractivity contribution in [2.45, 2.75) is 182 Å². The maximum atomic E-state index is 11.5. The van der Waals surface area contributed by atoms with Gasteiger partial charge in [-0.3, -0.25) is 0 Å². The normalized spacial score (nSPS) is 14.9. The molecule has 0 heterocycles. The molecule has 0 saturated heterocycles. The third kappa shape index (κ3) is 8.19. The quantitative estimate of drug-likeness (QED) is 0.183. The predicted molar refractivity (Wildman–Crippen MR) is 231 cm³/mol. The Kier molecular flexibility index (Phi) is 10.5. The van der Waals surface area contributed by atoms with Gasteiger partial charge in [0.05, 0.1) is 0 Å². The zero-order valence-electron chi connectivity index (χ0n) is 36.5.